The zero-order valence-electron chi connectivity index (χ0n) is 14.6. The van der Waals surface area contributed by atoms with Crippen LogP contribution >= 0.6 is 0 Å². The van der Waals surface area contributed by atoms with E-state index in [1.807, 2.05) is 0 Å². The van der Waals surface area contributed by atoms with E-state index in [1.54, 1.807) is 36.7 Å². The van der Waals surface area contributed by atoms with E-state index >= 15 is 0 Å². The number of aromatic amines is 1. The summed E-state index contributed by atoms with van der Waals surface area (Å²) in [6, 6.07) is 5.18. The van der Waals surface area contributed by atoms with Gasteiger partial charge in [-0.3, -0.25) is 14.9 Å². The third-order valence-corrected chi connectivity index (χ3v) is 4.20. The minimum absolute atomic E-state index is 0.0488. The quantitative estimate of drug-likeness (QED) is 0.447. The van der Waals surface area contributed by atoms with Gasteiger partial charge in [0.05, 0.1) is 27.8 Å². The number of carbonyl (C=O) groups excluding carboxylic acids is 1. The van der Waals surface area contributed by atoms with E-state index < -0.39 is 22.8 Å². The summed E-state index contributed by atoms with van der Waals surface area (Å²) in [6.07, 6.45) is 1.65. The number of nitrogens with one attached hydrogen (secondary N) is 2. The van der Waals surface area contributed by atoms with Gasteiger partial charge in [0, 0.05) is 18.7 Å². The van der Waals surface area contributed by atoms with Crippen molar-refractivity contribution in [2.24, 2.45) is 7.05 Å². The van der Waals surface area contributed by atoms with Crippen molar-refractivity contribution >= 4 is 28.6 Å². The summed E-state index contributed by atoms with van der Waals surface area (Å²) in [4.78, 5) is 41.2. The van der Waals surface area contributed by atoms with E-state index in [0.29, 0.717) is 22.6 Å². The zero-order chi connectivity index (χ0) is 19.7. The maximum Gasteiger partial charge on any atom is 0.326 e. The minimum Gasteiger partial charge on any atom is -0.480 e. The molecule has 3 rings (SSSR count). The fraction of sp³-hybridized carbons (Fsp3) is 0.235. The first-order valence-electron chi connectivity index (χ1n) is 8.14. The lowest BCUT2D eigenvalue weighted by atomic mass is 10.1. The Kier molecular flexibility index (Phi) is 4.63. The lowest BCUT2D eigenvalue weighted by molar-refractivity contribution is -0.384. The second-order valence-electron chi connectivity index (χ2n) is 6.04. The first-order valence-corrected chi connectivity index (χ1v) is 8.14. The molecule has 1 amide bonds. The zero-order valence-corrected chi connectivity index (χ0v) is 14.6. The lowest BCUT2D eigenvalue weighted by Gasteiger charge is -2.12. The molecule has 2 aromatic heterocycles. The summed E-state index contributed by atoms with van der Waals surface area (Å²) in [5.74, 6) is -1.17. The minimum atomic E-state index is -1.10. The van der Waals surface area contributed by atoms with Crippen LogP contribution in [0.4, 0.5) is 5.69 Å². The fourth-order valence-corrected chi connectivity index (χ4v) is 2.73. The van der Waals surface area contributed by atoms with E-state index in [4.69, 9.17) is 5.11 Å². The summed E-state index contributed by atoms with van der Waals surface area (Å²) < 4.78 is 1.59. The van der Waals surface area contributed by atoms with Gasteiger partial charge in [0.15, 0.2) is 5.82 Å². The van der Waals surface area contributed by atoms with Crippen LogP contribution in [0.1, 0.15) is 23.7 Å². The van der Waals surface area contributed by atoms with Crippen molar-refractivity contribution < 1.29 is 19.6 Å². The normalized spacial score (nSPS) is 12.1. The number of aromatic nitrogens is 3. The Bertz CT molecular complexity index is 1050. The Morgan fingerprint density at radius 2 is 2.15 bits per heavy atom. The molecule has 3 aromatic rings. The van der Waals surface area contributed by atoms with Gasteiger partial charge in [-0.15, -0.1) is 0 Å². The summed E-state index contributed by atoms with van der Waals surface area (Å²) in [7, 11) is 1.67. The van der Waals surface area contributed by atoms with Crippen LogP contribution in [0, 0.1) is 10.1 Å². The number of nitrogens with zero attached hydrogens (tertiary/aromatic N) is 3. The molecule has 1 atom stereocenters. The number of aliphatic carboxylic acids is 1. The third-order valence-electron chi connectivity index (χ3n) is 4.20. The number of carboxylic acid groups (broad SMARTS) is 1. The molecule has 0 aliphatic heterocycles. The fourth-order valence-electron chi connectivity index (χ4n) is 2.73. The van der Waals surface area contributed by atoms with Crippen LogP contribution in [-0.2, 0) is 11.8 Å². The van der Waals surface area contributed by atoms with Crippen LogP contribution in [-0.4, -0.2) is 42.5 Å². The SMILES string of the molecule is CCC(NC(=O)c1ccc2nc(-c3cc([N+](=O)[O-])cn3C)[nH]c2c1)C(=O)O. The summed E-state index contributed by atoms with van der Waals surface area (Å²) in [6.45, 7) is 1.67. The number of carbonyl (C=O) groups is 2. The summed E-state index contributed by atoms with van der Waals surface area (Å²) >= 11 is 0. The maximum atomic E-state index is 12.3. The molecule has 2 heterocycles. The van der Waals surface area contributed by atoms with E-state index in [1.165, 1.54) is 12.3 Å². The molecule has 0 aliphatic carbocycles. The van der Waals surface area contributed by atoms with E-state index in [-0.39, 0.29) is 17.7 Å². The van der Waals surface area contributed by atoms with Gasteiger partial charge >= 0.3 is 5.97 Å². The van der Waals surface area contributed by atoms with Crippen LogP contribution in [0.3, 0.4) is 0 Å². The molecule has 0 fully saturated rings. The predicted molar refractivity (Wildman–Crippen MR) is 96.3 cm³/mol. The monoisotopic (exact) mass is 371 g/mol. The van der Waals surface area contributed by atoms with Crippen LogP contribution in [0.5, 0.6) is 0 Å². The van der Waals surface area contributed by atoms with Gasteiger partial charge in [-0.25, -0.2) is 9.78 Å². The Morgan fingerprint density at radius 1 is 1.41 bits per heavy atom. The number of benzene rings is 1. The molecule has 10 heteroatoms. The molecule has 1 unspecified atom stereocenters. The van der Waals surface area contributed by atoms with Crippen molar-refractivity contribution in [3.8, 4) is 11.5 Å². The Hall–Kier alpha value is -3.69. The highest BCUT2D eigenvalue weighted by molar-refractivity contribution is 5.99. The first-order chi connectivity index (χ1) is 12.8. The molecule has 3 N–H and O–H groups in total. The van der Waals surface area contributed by atoms with E-state index in [9.17, 15) is 19.7 Å². The van der Waals surface area contributed by atoms with E-state index in [0.717, 1.165) is 0 Å². The number of rotatable bonds is 6. The molecule has 0 aliphatic rings. The van der Waals surface area contributed by atoms with E-state index in [2.05, 4.69) is 15.3 Å². The Labute approximate surface area is 153 Å². The molecule has 10 nitrogen and oxygen atoms in total. The van der Waals surface area contributed by atoms with Crippen LogP contribution in [0.25, 0.3) is 22.6 Å². The highest BCUT2D eigenvalue weighted by Gasteiger charge is 2.20. The molecular weight excluding hydrogens is 354 g/mol. The van der Waals surface area contributed by atoms with Gasteiger partial charge in [-0.1, -0.05) is 6.92 Å². The van der Waals surface area contributed by atoms with Gasteiger partial charge in [-0.2, -0.15) is 0 Å². The van der Waals surface area contributed by atoms with Crippen LogP contribution in [0.2, 0.25) is 0 Å². The molecule has 0 radical (unpaired) electrons. The first kappa shape index (κ1) is 18.1. The standard InChI is InChI=1S/C17H17N5O5/c1-3-11(17(24)25)20-16(23)9-4-5-12-13(6-9)19-15(18-12)14-7-10(22(26)27)8-21(14)2/h4-8,11H,3H2,1-2H3,(H,18,19)(H,20,23)(H,24,25). The molecule has 27 heavy (non-hydrogen) atoms. The predicted octanol–water partition coefficient (Wildman–Crippen LogP) is 2.07. The number of amides is 1. The van der Waals surface area contributed by atoms with Crippen molar-refractivity contribution in [2.75, 3.05) is 0 Å². The summed E-state index contributed by atoms with van der Waals surface area (Å²) in [5.41, 5.74) is 1.91. The molecule has 0 saturated carbocycles. The number of imidazole rings is 1. The molecule has 0 bridgehead atoms. The Balaban J connectivity index is 1.92. The molecule has 1 aromatic carbocycles. The molecular formula is C17H17N5O5. The number of hydrogen-bond donors (Lipinski definition) is 3. The van der Waals surface area contributed by atoms with Gasteiger partial charge in [0.1, 0.15) is 6.04 Å². The van der Waals surface area contributed by atoms with Crippen LogP contribution in [0.15, 0.2) is 30.5 Å². The third kappa shape index (κ3) is 3.50. The van der Waals surface area contributed by atoms with Gasteiger partial charge in [0.2, 0.25) is 0 Å². The van der Waals surface area contributed by atoms with Crippen molar-refractivity contribution in [3.63, 3.8) is 0 Å². The molecule has 140 valence electrons. The largest absolute Gasteiger partial charge is 0.480 e. The Morgan fingerprint density at radius 3 is 2.74 bits per heavy atom. The molecule has 0 saturated heterocycles. The van der Waals surface area contributed by atoms with Gasteiger partial charge < -0.3 is 20.0 Å². The van der Waals surface area contributed by atoms with Crippen LogP contribution < -0.4 is 5.32 Å². The topological polar surface area (TPSA) is 143 Å². The number of fused-ring (bicyclic) bond motifs is 1. The van der Waals surface area contributed by atoms with Gasteiger partial charge in [0.25, 0.3) is 11.6 Å². The number of hydrogen-bond acceptors (Lipinski definition) is 5. The average Bonchev–Trinajstić information content (AvgIpc) is 3.21. The van der Waals surface area contributed by atoms with Crippen molar-refractivity contribution in [1.82, 2.24) is 19.9 Å². The second-order valence-corrected chi connectivity index (χ2v) is 6.04. The summed E-state index contributed by atoms with van der Waals surface area (Å²) in [5, 5.41) is 22.4. The number of H-pyrrole nitrogens is 1. The second kappa shape index (κ2) is 6.90. The van der Waals surface area contributed by atoms with Crippen molar-refractivity contribution in [2.45, 2.75) is 19.4 Å². The maximum absolute atomic E-state index is 12.3. The van der Waals surface area contributed by atoms with Crippen molar-refractivity contribution in [3.05, 3.63) is 46.1 Å². The molecule has 0 spiro atoms. The number of nitro groups is 1. The highest BCUT2D eigenvalue weighted by atomic mass is 16.6. The smallest absolute Gasteiger partial charge is 0.326 e. The number of carboxylic acids is 1. The highest BCUT2D eigenvalue weighted by Crippen LogP contribution is 2.26. The van der Waals surface area contributed by atoms with Gasteiger partial charge in [-0.05, 0) is 24.6 Å². The lowest BCUT2D eigenvalue weighted by Crippen LogP contribution is -2.40. The number of aryl methyl sites for hydroxylation is 1. The van der Waals surface area contributed by atoms with Crippen molar-refractivity contribution in [1.29, 1.82) is 0 Å². The average molecular weight is 371 g/mol.